The van der Waals surface area contributed by atoms with E-state index in [0.717, 1.165) is 12.0 Å². The second-order valence-electron chi connectivity index (χ2n) is 9.36. The molecule has 1 heterocycles. The van der Waals surface area contributed by atoms with E-state index < -0.39 is 17.8 Å². The van der Waals surface area contributed by atoms with Crippen LogP contribution in [0, 0.1) is 5.92 Å². The van der Waals surface area contributed by atoms with Crippen molar-refractivity contribution in [2.24, 2.45) is 5.92 Å². The number of benzene rings is 2. The van der Waals surface area contributed by atoms with Crippen LogP contribution >= 0.6 is 0 Å². The molecule has 9 heteroatoms. The van der Waals surface area contributed by atoms with Crippen LogP contribution in [0.1, 0.15) is 41.8 Å². The third-order valence-electron chi connectivity index (χ3n) is 6.79. The van der Waals surface area contributed by atoms with Gasteiger partial charge in [-0.15, -0.1) is 0 Å². The van der Waals surface area contributed by atoms with Gasteiger partial charge in [0, 0.05) is 36.3 Å². The number of fused-ring (bicyclic) bond motifs is 1. The monoisotopic (exact) mass is 513 g/mol. The first kappa shape index (κ1) is 26.4. The Morgan fingerprint density at radius 3 is 2.38 bits per heavy atom. The fourth-order valence-corrected chi connectivity index (χ4v) is 4.89. The highest BCUT2D eigenvalue weighted by Gasteiger charge is 2.39. The van der Waals surface area contributed by atoms with E-state index in [1.165, 1.54) is 9.58 Å². The van der Waals surface area contributed by atoms with E-state index in [0.29, 0.717) is 42.8 Å². The van der Waals surface area contributed by atoms with E-state index in [4.69, 9.17) is 4.74 Å². The molecule has 1 aliphatic carbocycles. The van der Waals surface area contributed by atoms with Crippen LogP contribution in [0.4, 0.5) is 18.9 Å². The molecule has 0 radical (unpaired) electrons. The Morgan fingerprint density at radius 1 is 1.05 bits per heavy atom. The minimum Gasteiger partial charge on any atom is -0.497 e. The molecule has 2 aromatic carbocycles. The standard InChI is InChI=1S/C28H30F3N3O3/c1-33(21-12-14-23(37-2)15-13-21)27(36)20(16-19-8-4-3-5-9-19)17-22(35)18-34-25-11-7-6-10-24(25)26(32-34)28(29,30)31/h3-5,8-9,12-15,20H,6-7,10-11,16-18H2,1-2H3. The van der Waals surface area contributed by atoms with E-state index >= 15 is 0 Å². The molecule has 0 aliphatic heterocycles. The molecule has 0 spiro atoms. The largest absolute Gasteiger partial charge is 0.497 e. The summed E-state index contributed by atoms with van der Waals surface area (Å²) in [7, 11) is 3.20. The molecule has 0 bridgehead atoms. The molecule has 0 saturated carbocycles. The lowest BCUT2D eigenvalue weighted by atomic mass is 9.92. The lowest BCUT2D eigenvalue weighted by molar-refractivity contribution is -0.142. The first-order valence-corrected chi connectivity index (χ1v) is 12.3. The topological polar surface area (TPSA) is 64.4 Å². The maximum Gasteiger partial charge on any atom is 0.435 e. The first-order valence-electron chi connectivity index (χ1n) is 12.3. The summed E-state index contributed by atoms with van der Waals surface area (Å²) in [6.45, 7) is -0.288. The molecule has 1 atom stereocenters. The second-order valence-corrected chi connectivity index (χ2v) is 9.36. The molecule has 1 unspecified atom stereocenters. The maximum absolute atomic E-state index is 13.6. The molecular formula is C28H30F3N3O3. The first-order chi connectivity index (χ1) is 17.7. The number of anilines is 1. The molecule has 1 aromatic heterocycles. The molecule has 1 aliphatic rings. The smallest absolute Gasteiger partial charge is 0.435 e. The number of ketones is 1. The molecule has 6 nitrogen and oxygen atoms in total. The number of nitrogens with zero attached hydrogens (tertiary/aromatic N) is 3. The molecule has 4 rings (SSSR count). The summed E-state index contributed by atoms with van der Waals surface area (Å²) >= 11 is 0. The molecule has 196 valence electrons. The quantitative estimate of drug-likeness (QED) is 0.391. The molecule has 0 saturated heterocycles. The number of Topliss-reactive ketones (excluding diaryl/α,β-unsaturated/α-hetero) is 1. The van der Waals surface area contributed by atoms with E-state index in [-0.39, 0.29) is 30.2 Å². The van der Waals surface area contributed by atoms with Crippen LogP contribution < -0.4 is 9.64 Å². The van der Waals surface area contributed by atoms with Gasteiger partial charge in [0.1, 0.15) is 5.75 Å². The number of rotatable bonds is 9. The molecule has 1 amide bonds. The van der Waals surface area contributed by atoms with Crippen molar-refractivity contribution in [2.75, 3.05) is 19.1 Å². The van der Waals surface area contributed by atoms with E-state index in [1.807, 2.05) is 30.3 Å². The van der Waals surface area contributed by atoms with Crippen molar-refractivity contribution in [1.29, 1.82) is 0 Å². The Balaban J connectivity index is 1.55. The maximum atomic E-state index is 13.6. The summed E-state index contributed by atoms with van der Waals surface area (Å²) < 4.78 is 47.1. The summed E-state index contributed by atoms with van der Waals surface area (Å²) in [6.07, 6.45) is -2.16. The second kappa shape index (κ2) is 11.2. The van der Waals surface area contributed by atoms with Gasteiger partial charge in [-0.25, -0.2) is 0 Å². The predicted octanol–water partition coefficient (Wildman–Crippen LogP) is 5.27. The number of alkyl halides is 3. The summed E-state index contributed by atoms with van der Waals surface area (Å²) in [5.41, 5.74) is 1.32. The van der Waals surface area contributed by atoms with Gasteiger partial charge in [0.05, 0.1) is 13.7 Å². The van der Waals surface area contributed by atoms with Crippen LogP contribution in [0.25, 0.3) is 0 Å². The number of hydrogen-bond acceptors (Lipinski definition) is 4. The minimum absolute atomic E-state index is 0.107. The van der Waals surface area contributed by atoms with E-state index in [2.05, 4.69) is 5.10 Å². The third kappa shape index (κ3) is 6.21. The number of ether oxygens (including phenoxy) is 1. The highest BCUT2D eigenvalue weighted by atomic mass is 19.4. The summed E-state index contributed by atoms with van der Waals surface area (Å²) in [5.74, 6) is -0.611. The van der Waals surface area contributed by atoms with Crippen molar-refractivity contribution in [1.82, 2.24) is 9.78 Å². The van der Waals surface area contributed by atoms with Crippen molar-refractivity contribution in [3.8, 4) is 5.75 Å². The third-order valence-corrected chi connectivity index (χ3v) is 6.79. The Kier molecular flexibility index (Phi) is 8.00. The number of methoxy groups -OCH3 is 1. The molecule has 0 N–H and O–H groups in total. The van der Waals surface area contributed by atoms with Gasteiger partial charge in [-0.1, -0.05) is 30.3 Å². The van der Waals surface area contributed by atoms with Gasteiger partial charge in [0.2, 0.25) is 5.91 Å². The normalized spacial score (nSPS) is 14.1. The fraction of sp³-hybridized carbons (Fsp3) is 0.393. The highest BCUT2D eigenvalue weighted by molar-refractivity contribution is 5.97. The number of carbonyl (C=O) groups is 2. The SMILES string of the molecule is COc1ccc(N(C)C(=O)C(CC(=O)Cn2nc(C(F)(F)F)c3c2CCCC3)Cc2ccccc2)cc1. The number of carbonyl (C=O) groups excluding carboxylic acids is 2. The van der Waals surface area contributed by atoms with Crippen LogP contribution in [-0.4, -0.2) is 35.6 Å². The molecule has 37 heavy (non-hydrogen) atoms. The number of amides is 1. The Labute approximate surface area is 214 Å². The fourth-order valence-electron chi connectivity index (χ4n) is 4.89. The summed E-state index contributed by atoms with van der Waals surface area (Å²) in [4.78, 5) is 28.2. The Morgan fingerprint density at radius 2 is 1.73 bits per heavy atom. The zero-order chi connectivity index (χ0) is 26.6. The lowest BCUT2D eigenvalue weighted by Gasteiger charge is -2.24. The predicted molar refractivity (Wildman–Crippen MR) is 134 cm³/mol. The van der Waals surface area contributed by atoms with Crippen LogP contribution in [0.3, 0.4) is 0 Å². The summed E-state index contributed by atoms with van der Waals surface area (Å²) in [5, 5.41) is 3.80. The average Bonchev–Trinajstić information content (AvgIpc) is 3.27. The zero-order valence-corrected chi connectivity index (χ0v) is 20.9. The van der Waals surface area contributed by atoms with Crippen molar-refractivity contribution in [3.05, 3.63) is 77.1 Å². The van der Waals surface area contributed by atoms with Gasteiger partial charge >= 0.3 is 6.18 Å². The van der Waals surface area contributed by atoms with E-state index in [1.54, 1.807) is 38.4 Å². The van der Waals surface area contributed by atoms with Gasteiger partial charge in [-0.2, -0.15) is 18.3 Å². The summed E-state index contributed by atoms with van der Waals surface area (Å²) in [6, 6.07) is 16.4. The Bertz CT molecular complexity index is 1240. The van der Waals surface area contributed by atoms with Gasteiger partial charge in [0.25, 0.3) is 0 Å². The van der Waals surface area contributed by atoms with E-state index in [9.17, 15) is 22.8 Å². The van der Waals surface area contributed by atoms with Gasteiger partial charge in [-0.3, -0.25) is 14.3 Å². The van der Waals surface area contributed by atoms with Gasteiger partial charge in [0.15, 0.2) is 11.5 Å². The average molecular weight is 514 g/mol. The van der Waals surface area contributed by atoms with Crippen LogP contribution in [0.15, 0.2) is 54.6 Å². The Hall–Kier alpha value is -3.62. The number of hydrogen-bond donors (Lipinski definition) is 0. The minimum atomic E-state index is -4.57. The van der Waals surface area contributed by atoms with Crippen molar-refractivity contribution in [3.63, 3.8) is 0 Å². The van der Waals surface area contributed by atoms with Gasteiger partial charge < -0.3 is 9.64 Å². The van der Waals surface area contributed by atoms with Crippen LogP contribution in [-0.2, 0) is 41.6 Å². The lowest BCUT2D eigenvalue weighted by Crippen LogP contribution is -2.35. The number of aromatic nitrogens is 2. The molecule has 0 fully saturated rings. The number of halogens is 3. The zero-order valence-electron chi connectivity index (χ0n) is 20.9. The van der Waals surface area contributed by atoms with Gasteiger partial charge in [-0.05, 0) is 61.9 Å². The molecule has 3 aromatic rings. The van der Waals surface area contributed by atoms with Crippen LogP contribution in [0.5, 0.6) is 5.75 Å². The molecular weight excluding hydrogens is 483 g/mol. The van der Waals surface area contributed by atoms with Crippen molar-refractivity contribution < 1.29 is 27.5 Å². The van der Waals surface area contributed by atoms with Crippen LogP contribution in [0.2, 0.25) is 0 Å². The van der Waals surface area contributed by atoms with Crippen molar-refractivity contribution in [2.45, 2.75) is 51.2 Å². The highest BCUT2D eigenvalue weighted by Crippen LogP contribution is 2.36. The van der Waals surface area contributed by atoms with Crippen molar-refractivity contribution >= 4 is 17.4 Å².